The van der Waals surface area contributed by atoms with E-state index in [1.807, 2.05) is 24.9 Å². The number of nitrogens with zero attached hydrogens (tertiary/aromatic N) is 5. The van der Waals surface area contributed by atoms with E-state index in [2.05, 4.69) is 16.2 Å². The molecule has 1 unspecified atom stereocenters. The van der Waals surface area contributed by atoms with Crippen LogP contribution >= 0.6 is 0 Å². The van der Waals surface area contributed by atoms with Gasteiger partial charge in [-0.3, -0.25) is 0 Å². The lowest BCUT2D eigenvalue weighted by atomic mass is 10.2. The van der Waals surface area contributed by atoms with Crippen LogP contribution in [0.3, 0.4) is 0 Å². The molecule has 0 saturated carbocycles. The first-order chi connectivity index (χ1) is 7.72. The molecule has 0 fully saturated rings. The molecular formula is C11H13N5. The van der Waals surface area contributed by atoms with Crippen molar-refractivity contribution >= 4 is 11.3 Å². The third-order valence-electron chi connectivity index (χ3n) is 2.43. The van der Waals surface area contributed by atoms with Gasteiger partial charge in [0, 0.05) is 26.0 Å². The molecule has 0 aromatic carbocycles. The lowest BCUT2D eigenvalue weighted by molar-refractivity contribution is 0.710. The third kappa shape index (κ3) is 1.82. The van der Waals surface area contributed by atoms with Crippen molar-refractivity contribution in [3.63, 3.8) is 0 Å². The summed E-state index contributed by atoms with van der Waals surface area (Å²) in [4.78, 5) is 6.30. The van der Waals surface area contributed by atoms with E-state index in [0.717, 1.165) is 11.3 Å². The van der Waals surface area contributed by atoms with Crippen molar-refractivity contribution in [1.29, 1.82) is 5.26 Å². The van der Waals surface area contributed by atoms with Crippen LogP contribution in [0.4, 0.5) is 5.82 Å². The molecule has 16 heavy (non-hydrogen) atoms. The molecule has 82 valence electrons. The molecule has 0 aliphatic rings. The molecule has 0 bridgehead atoms. The summed E-state index contributed by atoms with van der Waals surface area (Å²) in [5.74, 6) is 0.831. The SMILES string of the molecule is CC(C#N)CN(C)c1nccn2nccc12. The fourth-order valence-electron chi connectivity index (χ4n) is 1.68. The van der Waals surface area contributed by atoms with Gasteiger partial charge in [0.15, 0.2) is 5.82 Å². The Morgan fingerprint density at radius 1 is 1.56 bits per heavy atom. The van der Waals surface area contributed by atoms with Crippen molar-refractivity contribution in [3.8, 4) is 6.07 Å². The van der Waals surface area contributed by atoms with Crippen LogP contribution in [-0.4, -0.2) is 28.2 Å². The van der Waals surface area contributed by atoms with Crippen molar-refractivity contribution in [1.82, 2.24) is 14.6 Å². The van der Waals surface area contributed by atoms with E-state index in [-0.39, 0.29) is 5.92 Å². The van der Waals surface area contributed by atoms with Crippen LogP contribution < -0.4 is 4.90 Å². The van der Waals surface area contributed by atoms with Crippen LogP contribution in [0.1, 0.15) is 6.92 Å². The predicted molar refractivity (Wildman–Crippen MR) is 61.0 cm³/mol. The molecule has 2 aromatic heterocycles. The molecular weight excluding hydrogens is 202 g/mol. The second-order valence-electron chi connectivity index (χ2n) is 3.82. The number of rotatable bonds is 3. The molecule has 0 spiro atoms. The maximum Gasteiger partial charge on any atom is 0.154 e. The second-order valence-corrected chi connectivity index (χ2v) is 3.82. The molecule has 0 N–H and O–H groups in total. The molecule has 2 aromatic rings. The quantitative estimate of drug-likeness (QED) is 0.775. The molecule has 5 heteroatoms. The zero-order valence-electron chi connectivity index (χ0n) is 9.33. The number of aromatic nitrogens is 3. The average molecular weight is 215 g/mol. The van der Waals surface area contributed by atoms with E-state index < -0.39 is 0 Å². The highest BCUT2D eigenvalue weighted by atomic mass is 15.3. The Morgan fingerprint density at radius 3 is 3.12 bits per heavy atom. The van der Waals surface area contributed by atoms with Crippen LogP contribution in [0, 0.1) is 17.2 Å². The molecule has 0 saturated heterocycles. The van der Waals surface area contributed by atoms with Gasteiger partial charge in [0.05, 0.1) is 18.2 Å². The van der Waals surface area contributed by atoms with E-state index in [9.17, 15) is 0 Å². The minimum atomic E-state index is -0.0185. The lowest BCUT2D eigenvalue weighted by Gasteiger charge is -2.19. The first-order valence-corrected chi connectivity index (χ1v) is 5.11. The van der Waals surface area contributed by atoms with Gasteiger partial charge in [-0.15, -0.1) is 0 Å². The zero-order chi connectivity index (χ0) is 11.5. The second kappa shape index (κ2) is 4.19. The van der Waals surface area contributed by atoms with E-state index in [4.69, 9.17) is 5.26 Å². The molecule has 0 aliphatic heterocycles. The van der Waals surface area contributed by atoms with E-state index in [1.165, 1.54) is 0 Å². The number of hydrogen-bond acceptors (Lipinski definition) is 4. The van der Waals surface area contributed by atoms with Gasteiger partial charge in [0.25, 0.3) is 0 Å². The van der Waals surface area contributed by atoms with Gasteiger partial charge in [-0.25, -0.2) is 9.50 Å². The molecule has 2 rings (SSSR count). The summed E-state index contributed by atoms with van der Waals surface area (Å²) in [5.41, 5.74) is 0.954. The third-order valence-corrected chi connectivity index (χ3v) is 2.43. The summed E-state index contributed by atoms with van der Waals surface area (Å²) in [6, 6.07) is 4.13. The van der Waals surface area contributed by atoms with Crippen LogP contribution in [0.25, 0.3) is 5.52 Å². The van der Waals surface area contributed by atoms with Crippen LogP contribution in [0.5, 0.6) is 0 Å². The Hall–Kier alpha value is -2.09. The summed E-state index contributed by atoms with van der Waals surface area (Å²) < 4.78 is 1.77. The van der Waals surface area contributed by atoms with Crippen LogP contribution in [0.15, 0.2) is 24.7 Å². The highest BCUT2D eigenvalue weighted by Gasteiger charge is 2.11. The first-order valence-electron chi connectivity index (χ1n) is 5.11. The normalized spacial score (nSPS) is 12.3. The summed E-state index contributed by atoms with van der Waals surface area (Å²) in [7, 11) is 1.93. The number of hydrogen-bond donors (Lipinski definition) is 0. The minimum Gasteiger partial charge on any atom is -0.357 e. The molecule has 5 nitrogen and oxygen atoms in total. The Labute approximate surface area is 93.9 Å². The minimum absolute atomic E-state index is 0.0185. The molecule has 0 aliphatic carbocycles. The molecule has 0 amide bonds. The summed E-state index contributed by atoms with van der Waals surface area (Å²) >= 11 is 0. The van der Waals surface area contributed by atoms with Crippen molar-refractivity contribution in [2.75, 3.05) is 18.5 Å². The number of fused-ring (bicyclic) bond motifs is 1. The van der Waals surface area contributed by atoms with Gasteiger partial charge >= 0.3 is 0 Å². The highest BCUT2D eigenvalue weighted by Crippen LogP contribution is 2.17. The van der Waals surface area contributed by atoms with Gasteiger partial charge in [-0.2, -0.15) is 10.4 Å². The molecule has 0 radical (unpaired) electrons. The monoisotopic (exact) mass is 215 g/mol. The lowest BCUT2D eigenvalue weighted by Crippen LogP contribution is -2.24. The highest BCUT2D eigenvalue weighted by molar-refractivity contribution is 5.67. The smallest absolute Gasteiger partial charge is 0.154 e. The van der Waals surface area contributed by atoms with E-state index >= 15 is 0 Å². The summed E-state index contributed by atoms with van der Waals surface area (Å²) in [5, 5.41) is 12.9. The molecule has 2 heterocycles. The van der Waals surface area contributed by atoms with Gasteiger partial charge < -0.3 is 4.90 Å². The van der Waals surface area contributed by atoms with Gasteiger partial charge in [0.1, 0.15) is 5.52 Å². The maximum atomic E-state index is 8.79. The zero-order valence-corrected chi connectivity index (χ0v) is 9.33. The Balaban J connectivity index is 2.32. The molecule has 1 atom stereocenters. The van der Waals surface area contributed by atoms with E-state index in [1.54, 1.807) is 23.1 Å². The Morgan fingerprint density at radius 2 is 2.38 bits per heavy atom. The van der Waals surface area contributed by atoms with Crippen molar-refractivity contribution < 1.29 is 0 Å². The van der Waals surface area contributed by atoms with Gasteiger partial charge in [0.2, 0.25) is 0 Å². The number of anilines is 1. The van der Waals surface area contributed by atoms with Gasteiger partial charge in [-0.05, 0) is 13.0 Å². The standard InChI is InChI=1S/C11H13N5/c1-9(7-12)8-15(2)11-10-3-4-14-16(10)6-5-13-11/h3-6,9H,8H2,1-2H3. The van der Waals surface area contributed by atoms with Crippen molar-refractivity contribution in [2.45, 2.75) is 6.92 Å². The number of nitriles is 1. The summed E-state index contributed by atoms with van der Waals surface area (Å²) in [6.07, 6.45) is 5.26. The average Bonchev–Trinajstić information content (AvgIpc) is 2.76. The van der Waals surface area contributed by atoms with E-state index in [0.29, 0.717) is 6.54 Å². The Bertz CT molecular complexity index is 524. The van der Waals surface area contributed by atoms with Crippen LogP contribution in [0.2, 0.25) is 0 Å². The summed E-state index contributed by atoms with van der Waals surface area (Å²) in [6.45, 7) is 2.56. The fraction of sp³-hybridized carbons (Fsp3) is 0.364. The fourth-order valence-corrected chi connectivity index (χ4v) is 1.68. The first kappa shape index (κ1) is 10.4. The topological polar surface area (TPSA) is 57.2 Å². The predicted octanol–water partition coefficient (Wildman–Crippen LogP) is 1.33. The Kier molecular flexibility index (Phi) is 2.73. The largest absolute Gasteiger partial charge is 0.357 e. The van der Waals surface area contributed by atoms with Crippen LogP contribution in [-0.2, 0) is 0 Å². The maximum absolute atomic E-state index is 8.79. The van der Waals surface area contributed by atoms with Crippen molar-refractivity contribution in [3.05, 3.63) is 24.7 Å². The van der Waals surface area contributed by atoms with Gasteiger partial charge in [-0.1, -0.05) is 0 Å². The van der Waals surface area contributed by atoms with Crippen molar-refractivity contribution in [2.24, 2.45) is 5.92 Å².